The van der Waals surface area contributed by atoms with E-state index in [2.05, 4.69) is 10.6 Å². The van der Waals surface area contributed by atoms with Gasteiger partial charge in [-0.1, -0.05) is 0 Å². The molecule has 0 aromatic rings. The van der Waals surface area contributed by atoms with Gasteiger partial charge in [-0.15, -0.1) is 0 Å². The molecular weight excluding hydrogens is 198 g/mol. The molecular formula is C9H17N3O3. The van der Waals surface area contributed by atoms with E-state index in [1.165, 1.54) is 0 Å². The third-order valence-corrected chi connectivity index (χ3v) is 2.24. The zero-order valence-corrected chi connectivity index (χ0v) is 8.66. The summed E-state index contributed by atoms with van der Waals surface area (Å²) in [5.74, 6) is -1.24. The fourth-order valence-electron chi connectivity index (χ4n) is 1.49. The molecule has 0 saturated carbocycles. The molecule has 0 spiro atoms. The van der Waals surface area contributed by atoms with Gasteiger partial charge in [0.2, 0.25) is 5.91 Å². The number of nitrogens with one attached hydrogen (secondary N) is 2. The van der Waals surface area contributed by atoms with Crippen LogP contribution in [0.1, 0.15) is 6.42 Å². The van der Waals surface area contributed by atoms with E-state index in [-0.39, 0.29) is 19.0 Å². The Kier molecular flexibility index (Phi) is 5.06. The second-order valence-corrected chi connectivity index (χ2v) is 3.55. The van der Waals surface area contributed by atoms with Crippen molar-refractivity contribution in [2.75, 3.05) is 39.3 Å². The van der Waals surface area contributed by atoms with Crippen LogP contribution in [0.4, 0.5) is 0 Å². The molecule has 1 saturated heterocycles. The molecule has 1 rings (SSSR count). The summed E-state index contributed by atoms with van der Waals surface area (Å²) in [6.07, 6.45) is 1.02. The van der Waals surface area contributed by atoms with Crippen LogP contribution in [-0.4, -0.2) is 61.2 Å². The van der Waals surface area contributed by atoms with Crippen LogP contribution in [0.15, 0.2) is 0 Å². The molecule has 1 heterocycles. The maximum Gasteiger partial charge on any atom is 0.322 e. The second kappa shape index (κ2) is 6.36. The van der Waals surface area contributed by atoms with Gasteiger partial charge < -0.3 is 15.7 Å². The van der Waals surface area contributed by atoms with Crippen molar-refractivity contribution in [3.63, 3.8) is 0 Å². The van der Waals surface area contributed by atoms with Crippen molar-refractivity contribution in [2.45, 2.75) is 6.42 Å². The third-order valence-electron chi connectivity index (χ3n) is 2.24. The highest BCUT2D eigenvalue weighted by molar-refractivity contribution is 5.82. The predicted molar refractivity (Wildman–Crippen MR) is 54.6 cm³/mol. The Balaban J connectivity index is 2.20. The Morgan fingerprint density at radius 3 is 2.87 bits per heavy atom. The van der Waals surface area contributed by atoms with E-state index in [9.17, 15) is 9.59 Å². The van der Waals surface area contributed by atoms with Gasteiger partial charge >= 0.3 is 5.97 Å². The van der Waals surface area contributed by atoms with Crippen molar-refractivity contribution in [3.8, 4) is 0 Å². The predicted octanol–water partition coefficient (Wildman–Crippen LogP) is -1.52. The minimum atomic E-state index is -1.01. The Hall–Kier alpha value is -1.14. The first kappa shape index (κ1) is 11.9. The lowest BCUT2D eigenvalue weighted by Crippen LogP contribution is -2.40. The highest BCUT2D eigenvalue weighted by Crippen LogP contribution is 1.94. The van der Waals surface area contributed by atoms with E-state index in [1.807, 2.05) is 4.90 Å². The van der Waals surface area contributed by atoms with Crippen LogP contribution in [0.2, 0.25) is 0 Å². The third kappa shape index (κ3) is 5.34. The molecule has 1 amide bonds. The average Bonchev–Trinajstić information content (AvgIpc) is 2.43. The fourth-order valence-corrected chi connectivity index (χ4v) is 1.49. The molecule has 0 unspecified atom stereocenters. The summed E-state index contributed by atoms with van der Waals surface area (Å²) in [4.78, 5) is 23.5. The normalized spacial score (nSPS) is 18.1. The van der Waals surface area contributed by atoms with Crippen LogP contribution in [-0.2, 0) is 9.59 Å². The van der Waals surface area contributed by atoms with Crippen LogP contribution >= 0.6 is 0 Å². The largest absolute Gasteiger partial charge is 0.480 e. The molecule has 6 nitrogen and oxygen atoms in total. The average molecular weight is 215 g/mol. The lowest BCUT2D eigenvalue weighted by Gasteiger charge is -2.18. The molecule has 1 aliphatic rings. The highest BCUT2D eigenvalue weighted by atomic mass is 16.4. The van der Waals surface area contributed by atoms with Gasteiger partial charge in [0.1, 0.15) is 6.54 Å². The van der Waals surface area contributed by atoms with Crippen LogP contribution < -0.4 is 10.6 Å². The molecule has 3 N–H and O–H groups in total. The Bertz CT molecular complexity index is 225. The van der Waals surface area contributed by atoms with Crippen molar-refractivity contribution in [1.82, 2.24) is 15.5 Å². The van der Waals surface area contributed by atoms with Gasteiger partial charge in [0.25, 0.3) is 0 Å². The molecule has 1 aliphatic heterocycles. The fraction of sp³-hybridized carbons (Fsp3) is 0.778. The molecule has 1 fully saturated rings. The van der Waals surface area contributed by atoms with E-state index in [4.69, 9.17) is 5.11 Å². The van der Waals surface area contributed by atoms with E-state index in [1.54, 1.807) is 0 Å². The molecule has 0 bridgehead atoms. The Morgan fingerprint density at radius 2 is 2.13 bits per heavy atom. The van der Waals surface area contributed by atoms with Crippen molar-refractivity contribution in [3.05, 3.63) is 0 Å². The maximum absolute atomic E-state index is 11.3. The Morgan fingerprint density at radius 1 is 1.33 bits per heavy atom. The first-order valence-electron chi connectivity index (χ1n) is 5.10. The van der Waals surface area contributed by atoms with Crippen LogP contribution in [0.5, 0.6) is 0 Å². The summed E-state index contributed by atoms with van der Waals surface area (Å²) in [6, 6.07) is 0. The second-order valence-electron chi connectivity index (χ2n) is 3.55. The molecule has 0 aromatic heterocycles. The highest BCUT2D eigenvalue weighted by Gasteiger charge is 2.12. The first-order chi connectivity index (χ1) is 7.18. The standard InChI is InChI=1S/C9H17N3O3/c13-8(11-6-9(14)15)7-12-4-1-2-10-3-5-12/h10H,1-7H2,(H,11,13)(H,14,15). The molecule has 86 valence electrons. The smallest absolute Gasteiger partial charge is 0.322 e. The SMILES string of the molecule is O=C(O)CNC(=O)CN1CCCNCC1. The van der Waals surface area contributed by atoms with Gasteiger partial charge in [0, 0.05) is 13.1 Å². The van der Waals surface area contributed by atoms with Crippen molar-refractivity contribution in [2.24, 2.45) is 0 Å². The van der Waals surface area contributed by atoms with Crippen LogP contribution in [0.25, 0.3) is 0 Å². The van der Waals surface area contributed by atoms with Crippen molar-refractivity contribution in [1.29, 1.82) is 0 Å². The van der Waals surface area contributed by atoms with E-state index < -0.39 is 5.97 Å². The molecule has 0 aromatic carbocycles. The summed E-state index contributed by atoms with van der Waals surface area (Å²) in [5.41, 5.74) is 0. The van der Waals surface area contributed by atoms with Crippen LogP contribution in [0, 0.1) is 0 Å². The summed E-state index contributed by atoms with van der Waals surface area (Å²) in [5, 5.41) is 14.0. The summed E-state index contributed by atoms with van der Waals surface area (Å²) < 4.78 is 0. The number of nitrogens with zero attached hydrogens (tertiary/aromatic N) is 1. The summed E-state index contributed by atoms with van der Waals surface area (Å²) in [7, 11) is 0. The zero-order valence-electron chi connectivity index (χ0n) is 8.66. The number of hydrogen-bond acceptors (Lipinski definition) is 4. The molecule has 15 heavy (non-hydrogen) atoms. The van der Waals surface area contributed by atoms with Gasteiger partial charge in [0.15, 0.2) is 0 Å². The van der Waals surface area contributed by atoms with Gasteiger partial charge in [-0.25, -0.2) is 0 Å². The van der Waals surface area contributed by atoms with E-state index in [0.717, 1.165) is 32.6 Å². The summed E-state index contributed by atoms with van der Waals surface area (Å²) >= 11 is 0. The number of carboxylic acids is 1. The lowest BCUT2D eigenvalue weighted by molar-refractivity contribution is -0.138. The lowest BCUT2D eigenvalue weighted by atomic mass is 10.4. The van der Waals surface area contributed by atoms with Gasteiger partial charge in [-0.2, -0.15) is 0 Å². The van der Waals surface area contributed by atoms with E-state index >= 15 is 0 Å². The summed E-state index contributed by atoms with van der Waals surface area (Å²) in [6.45, 7) is 3.56. The number of hydrogen-bond donors (Lipinski definition) is 3. The molecule has 0 atom stereocenters. The first-order valence-corrected chi connectivity index (χ1v) is 5.10. The quantitative estimate of drug-likeness (QED) is 0.531. The number of carboxylic acid groups (broad SMARTS) is 1. The van der Waals surface area contributed by atoms with Gasteiger partial charge in [0.05, 0.1) is 6.54 Å². The van der Waals surface area contributed by atoms with Gasteiger partial charge in [-0.3, -0.25) is 14.5 Å². The maximum atomic E-state index is 11.3. The number of carbonyl (C=O) groups excluding carboxylic acids is 1. The molecule has 0 radical (unpaired) electrons. The zero-order chi connectivity index (χ0) is 11.1. The number of amides is 1. The topological polar surface area (TPSA) is 81.7 Å². The van der Waals surface area contributed by atoms with Gasteiger partial charge in [-0.05, 0) is 19.5 Å². The molecule has 0 aliphatic carbocycles. The van der Waals surface area contributed by atoms with Crippen LogP contribution in [0.3, 0.4) is 0 Å². The minimum absolute atomic E-state index is 0.223. The number of carbonyl (C=O) groups is 2. The Labute approximate surface area is 88.6 Å². The molecule has 6 heteroatoms. The van der Waals surface area contributed by atoms with E-state index in [0.29, 0.717) is 0 Å². The van der Waals surface area contributed by atoms with Crippen molar-refractivity contribution < 1.29 is 14.7 Å². The number of rotatable bonds is 4. The number of aliphatic carboxylic acids is 1. The minimum Gasteiger partial charge on any atom is -0.480 e. The van der Waals surface area contributed by atoms with Crippen molar-refractivity contribution >= 4 is 11.9 Å². The monoisotopic (exact) mass is 215 g/mol.